The average Bonchev–Trinajstić information content (AvgIpc) is 2.14. The molecule has 0 heterocycles. The topological polar surface area (TPSA) is 17.1 Å². The van der Waals surface area contributed by atoms with Crippen LogP contribution in [0.2, 0.25) is 0 Å². The molecular weight excluding hydrogens is 208 g/mol. The number of carbonyl (C=O) groups is 1. The normalized spacial score (nSPS) is 11.4. The third-order valence-corrected chi connectivity index (χ3v) is 2.80. The second-order valence-electron chi connectivity index (χ2n) is 5.17. The Labute approximate surface area is 105 Å². The van der Waals surface area contributed by atoms with E-state index in [0.29, 0.717) is 5.92 Å². The summed E-state index contributed by atoms with van der Waals surface area (Å²) in [4.78, 5) is 12.1. The van der Waals surface area contributed by atoms with Crippen LogP contribution in [-0.2, 0) is 0 Å². The molecule has 1 nitrogen and oxygen atoms in total. The van der Waals surface area contributed by atoms with E-state index in [2.05, 4.69) is 32.9 Å². The molecule has 1 aromatic carbocycles. The summed E-state index contributed by atoms with van der Waals surface area (Å²) in [6.07, 6.45) is 4.64. The molecule has 0 fully saturated rings. The fourth-order valence-electron chi connectivity index (χ4n) is 2.10. The Morgan fingerprint density at radius 3 is 2.18 bits per heavy atom. The Morgan fingerprint density at radius 2 is 1.71 bits per heavy atom. The molecule has 0 bridgehead atoms. The molecule has 0 aliphatic carbocycles. The van der Waals surface area contributed by atoms with Gasteiger partial charge in [0.1, 0.15) is 0 Å². The molecule has 0 radical (unpaired) electrons. The zero-order valence-electron chi connectivity index (χ0n) is 11.5. The molecule has 0 aromatic heterocycles. The quantitative estimate of drug-likeness (QED) is 0.553. The molecule has 0 saturated carbocycles. The molecule has 1 rings (SSSR count). The van der Waals surface area contributed by atoms with Crippen molar-refractivity contribution in [2.45, 2.75) is 41.0 Å². The Bertz CT molecular complexity index is 416. The van der Waals surface area contributed by atoms with Crippen molar-refractivity contribution in [3.8, 4) is 0 Å². The number of benzene rings is 1. The highest BCUT2D eigenvalue weighted by atomic mass is 16.1. The molecule has 1 heteroatoms. The van der Waals surface area contributed by atoms with Gasteiger partial charge in [-0.1, -0.05) is 37.6 Å². The first-order valence-electron chi connectivity index (χ1n) is 6.20. The summed E-state index contributed by atoms with van der Waals surface area (Å²) < 4.78 is 0. The van der Waals surface area contributed by atoms with Crippen molar-refractivity contribution >= 4 is 5.78 Å². The van der Waals surface area contributed by atoms with Crippen LogP contribution in [0.15, 0.2) is 24.3 Å². The lowest BCUT2D eigenvalue weighted by Gasteiger charge is -2.08. The summed E-state index contributed by atoms with van der Waals surface area (Å²) in [5, 5.41) is 0. The average molecular weight is 230 g/mol. The smallest absolute Gasteiger partial charge is 0.186 e. The highest BCUT2D eigenvalue weighted by Gasteiger charge is 2.09. The van der Waals surface area contributed by atoms with Crippen LogP contribution in [0.25, 0.3) is 0 Å². The SMILES string of the molecule is Cc1cc(C)c(C(=O)/C=C/CC(C)C)c(C)c1. The van der Waals surface area contributed by atoms with Crippen LogP contribution in [0.4, 0.5) is 0 Å². The molecule has 0 amide bonds. The van der Waals surface area contributed by atoms with Crippen molar-refractivity contribution in [3.63, 3.8) is 0 Å². The van der Waals surface area contributed by atoms with Crippen LogP contribution < -0.4 is 0 Å². The maximum Gasteiger partial charge on any atom is 0.186 e. The maximum atomic E-state index is 12.1. The number of ketones is 1. The Balaban J connectivity index is 2.93. The van der Waals surface area contributed by atoms with Crippen LogP contribution in [0.5, 0.6) is 0 Å². The molecule has 92 valence electrons. The first-order chi connectivity index (χ1) is 7.91. The summed E-state index contributed by atoms with van der Waals surface area (Å²) in [6.45, 7) is 10.4. The lowest BCUT2D eigenvalue weighted by atomic mass is 9.96. The zero-order chi connectivity index (χ0) is 13.0. The summed E-state index contributed by atoms with van der Waals surface area (Å²) in [5.74, 6) is 0.722. The molecule has 17 heavy (non-hydrogen) atoms. The van der Waals surface area contributed by atoms with Crippen LogP contribution in [0.1, 0.15) is 47.3 Å². The second-order valence-corrected chi connectivity index (χ2v) is 5.17. The molecule has 0 aliphatic rings. The van der Waals surface area contributed by atoms with Gasteiger partial charge in [-0.05, 0) is 50.3 Å². The van der Waals surface area contributed by atoms with Crippen molar-refractivity contribution in [2.24, 2.45) is 5.92 Å². The third-order valence-electron chi connectivity index (χ3n) is 2.80. The number of aryl methyl sites for hydroxylation is 3. The Hall–Kier alpha value is -1.37. The lowest BCUT2D eigenvalue weighted by molar-refractivity contribution is 0.104. The van der Waals surface area contributed by atoms with Crippen molar-refractivity contribution in [2.75, 3.05) is 0 Å². The second kappa shape index (κ2) is 5.81. The van der Waals surface area contributed by atoms with Gasteiger partial charge in [-0.3, -0.25) is 4.79 Å². The summed E-state index contributed by atoms with van der Waals surface area (Å²) in [5.41, 5.74) is 4.21. The van der Waals surface area contributed by atoms with Crippen molar-refractivity contribution in [3.05, 3.63) is 46.5 Å². The predicted octanol–water partition coefficient (Wildman–Crippen LogP) is 4.40. The van der Waals surface area contributed by atoms with Gasteiger partial charge in [0.2, 0.25) is 0 Å². The van der Waals surface area contributed by atoms with Crippen LogP contribution >= 0.6 is 0 Å². The van der Waals surface area contributed by atoms with Gasteiger partial charge in [0.25, 0.3) is 0 Å². The molecule has 0 atom stereocenters. The van der Waals surface area contributed by atoms with Crippen LogP contribution in [-0.4, -0.2) is 5.78 Å². The van der Waals surface area contributed by atoms with Crippen molar-refractivity contribution in [1.29, 1.82) is 0 Å². The Morgan fingerprint density at radius 1 is 1.18 bits per heavy atom. The summed E-state index contributed by atoms with van der Waals surface area (Å²) >= 11 is 0. The molecule has 0 N–H and O–H groups in total. The van der Waals surface area contributed by atoms with E-state index in [1.165, 1.54) is 5.56 Å². The zero-order valence-corrected chi connectivity index (χ0v) is 11.5. The van der Waals surface area contributed by atoms with E-state index in [1.807, 2.05) is 19.9 Å². The van der Waals surface area contributed by atoms with E-state index < -0.39 is 0 Å². The highest BCUT2D eigenvalue weighted by molar-refractivity contribution is 6.06. The maximum absolute atomic E-state index is 12.1. The van der Waals surface area contributed by atoms with E-state index in [0.717, 1.165) is 23.1 Å². The van der Waals surface area contributed by atoms with E-state index in [1.54, 1.807) is 6.08 Å². The lowest BCUT2D eigenvalue weighted by Crippen LogP contribution is -2.02. The largest absolute Gasteiger partial charge is 0.289 e. The number of allylic oxidation sites excluding steroid dienone is 2. The minimum absolute atomic E-state index is 0.126. The van der Waals surface area contributed by atoms with Gasteiger partial charge in [-0.25, -0.2) is 0 Å². The molecular formula is C16H22O. The fraction of sp³-hybridized carbons (Fsp3) is 0.438. The van der Waals surface area contributed by atoms with Crippen LogP contribution in [0.3, 0.4) is 0 Å². The molecule has 0 saturated heterocycles. The van der Waals surface area contributed by atoms with E-state index in [-0.39, 0.29) is 5.78 Å². The summed E-state index contributed by atoms with van der Waals surface area (Å²) in [7, 11) is 0. The number of hydrogen-bond acceptors (Lipinski definition) is 1. The minimum Gasteiger partial charge on any atom is -0.289 e. The third kappa shape index (κ3) is 3.85. The number of rotatable bonds is 4. The van der Waals surface area contributed by atoms with Gasteiger partial charge in [-0.2, -0.15) is 0 Å². The van der Waals surface area contributed by atoms with Crippen LogP contribution in [0, 0.1) is 26.7 Å². The molecule has 0 aliphatic heterocycles. The van der Waals surface area contributed by atoms with E-state index in [9.17, 15) is 4.79 Å². The van der Waals surface area contributed by atoms with Gasteiger partial charge in [0.15, 0.2) is 5.78 Å². The van der Waals surface area contributed by atoms with Gasteiger partial charge >= 0.3 is 0 Å². The predicted molar refractivity (Wildman–Crippen MR) is 73.6 cm³/mol. The minimum atomic E-state index is 0.126. The first-order valence-corrected chi connectivity index (χ1v) is 6.20. The van der Waals surface area contributed by atoms with Gasteiger partial charge in [0.05, 0.1) is 0 Å². The van der Waals surface area contributed by atoms with E-state index >= 15 is 0 Å². The Kier molecular flexibility index (Phi) is 4.68. The molecule has 0 spiro atoms. The number of carbonyl (C=O) groups excluding carboxylic acids is 1. The van der Waals surface area contributed by atoms with Crippen molar-refractivity contribution < 1.29 is 4.79 Å². The van der Waals surface area contributed by atoms with Gasteiger partial charge < -0.3 is 0 Å². The first kappa shape index (κ1) is 13.7. The molecule has 1 aromatic rings. The summed E-state index contributed by atoms with van der Waals surface area (Å²) in [6, 6.07) is 4.13. The van der Waals surface area contributed by atoms with Gasteiger partial charge in [0, 0.05) is 5.56 Å². The van der Waals surface area contributed by atoms with E-state index in [4.69, 9.17) is 0 Å². The monoisotopic (exact) mass is 230 g/mol. The highest BCUT2D eigenvalue weighted by Crippen LogP contribution is 2.17. The van der Waals surface area contributed by atoms with Crippen molar-refractivity contribution in [1.82, 2.24) is 0 Å². The number of hydrogen-bond donors (Lipinski definition) is 0. The fourth-order valence-corrected chi connectivity index (χ4v) is 2.10. The standard InChI is InChI=1S/C16H22O/c1-11(2)7-6-8-15(17)16-13(4)9-12(3)10-14(16)5/h6,8-11H,7H2,1-5H3/b8-6+. The van der Waals surface area contributed by atoms with Gasteiger partial charge in [-0.15, -0.1) is 0 Å². The molecule has 0 unspecified atom stereocenters.